The van der Waals surface area contributed by atoms with E-state index in [-0.39, 0.29) is 5.69 Å². The van der Waals surface area contributed by atoms with Crippen molar-refractivity contribution in [1.82, 2.24) is 0 Å². The zero-order valence-corrected chi connectivity index (χ0v) is 12.9. The Bertz CT molecular complexity index is 690. The largest absolute Gasteiger partial charge is 0.481 e. The Kier molecular flexibility index (Phi) is 5.21. The highest BCUT2D eigenvalue weighted by Gasteiger charge is 2.17. The maximum Gasteiger partial charge on any atom is 0.265 e. The molecule has 0 aromatic heterocycles. The Labute approximate surface area is 135 Å². The van der Waals surface area contributed by atoms with Crippen molar-refractivity contribution in [2.75, 3.05) is 5.32 Å². The minimum atomic E-state index is -0.931. The minimum absolute atomic E-state index is 0.133. The van der Waals surface area contributed by atoms with Crippen molar-refractivity contribution in [1.29, 1.82) is 0 Å². The third-order valence-corrected chi connectivity index (χ3v) is 3.14. The van der Waals surface area contributed by atoms with Gasteiger partial charge in [0.15, 0.2) is 6.10 Å². The fraction of sp³-hybridized carbons (Fsp3) is 0.133. The van der Waals surface area contributed by atoms with E-state index in [9.17, 15) is 13.6 Å². The highest BCUT2D eigenvalue weighted by molar-refractivity contribution is 6.34. The molecular formula is C15H11Cl2F2NO2. The Morgan fingerprint density at radius 2 is 1.77 bits per heavy atom. The first-order valence-corrected chi connectivity index (χ1v) is 6.99. The van der Waals surface area contributed by atoms with Crippen LogP contribution in [0.5, 0.6) is 5.75 Å². The number of carbonyl (C=O) groups is 1. The van der Waals surface area contributed by atoms with Gasteiger partial charge in [0, 0.05) is 16.1 Å². The van der Waals surface area contributed by atoms with Crippen LogP contribution >= 0.6 is 23.2 Å². The van der Waals surface area contributed by atoms with E-state index in [1.54, 1.807) is 0 Å². The predicted molar refractivity (Wildman–Crippen MR) is 81.5 cm³/mol. The van der Waals surface area contributed by atoms with Crippen LogP contribution in [0.4, 0.5) is 14.5 Å². The van der Waals surface area contributed by atoms with Crippen LogP contribution < -0.4 is 10.1 Å². The summed E-state index contributed by atoms with van der Waals surface area (Å²) >= 11 is 11.7. The zero-order chi connectivity index (χ0) is 16.3. The molecular weight excluding hydrogens is 335 g/mol. The Hall–Kier alpha value is -1.85. The van der Waals surface area contributed by atoms with E-state index in [0.717, 1.165) is 12.1 Å². The van der Waals surface area contributed by atoms with Gasteiger partial charge in [-0.2, -0.15) is 0 Å². The van der Waals surface area contributed by atoms with Gasteiger partial charge in [-0.25, -0.2) is 8.78 Å². The number of carbonyl (C=O) groups excluding carboxylic acids is 1. The van der Waals surface area contributed by atoms with Crippen molar-refractivity contribution in [3.8, 4) is 5.75 Å². The maximum atomic E-state index is 13.5. The highest BCUT2D eigenvalue weighted by atomic mass is 35.5. The molecule has 116 valence electrons. The molecule has 2 aromatic carbocycles. The third-order valence-electron chi connectivity index (χ3n) is 2.71. The van der Waals surface area contributed by atoms with E-state index in [0.29, 0.717) is 21.9 Å². The summed E-state index contributed by atoms with van der Waals surface area (Å²) in [5.41, 5.74) is -0.133. The van der Waals surface area contributed by atoms with Crippen LogP contribution in [-0.2, 0) is 4.79 Å². The molecule has 0 aliphatic heterocycles. The van der Waals surface area contributed by atoms with Crippen molar-refractivity contribution < 1.29 is 18.3 Å². The van der Waals surface area contributed by atoms with Crippen LogP contribution in [-0.4, -0.2) is 12.0 Å². The summed E-state index contributed by atoms with van der Waals surface area (Å²) in [4.78, 5) is 12.0. The molecule has 2 aromatic rings. The van der Waals surface area contributed by atoms with Gasteiger partial charge in [-0.15, -0.1) is 0 Å². The van der Waals surface area contributed by atoms with E-state index in [2.05, 4.69) is 5.32 Å². The number of amides is 1. The molecule has 0 saturated carbocycles. The Morgan fingerprint density at radius 3 is 2.36 bits per heavy atom. The molecule has 0 heterocycles. The number of rotatable bonds is 4. The molecule has 0 radical (unpaired) electrons. The molecule has 0 fully saturated rings. The molecule has 2 rings (SSSR count). The highest BCUT2D eigenvalue weighted by Crippen LogP contribution is 2.25. The van der Waals surface area contributed by atoms with Crippen LogP contribution in [0.2, 0.25) is 10.0 Å². The summed E-state index contributed by atoms with van der Waals surface area (Å²) in [5, 5.41) is 3.04. The normalized spacial score (nSPS) is 11.9. The summed E-state index contributed by atoms with van der Waals surface area (Å²) in [7, 11) is 0. The second kappa shape index (κ2) is 6.94. The minimum Gasteiger partial charge on any atom is -0.481 e. The van der Waals surface area contributed by atoms with Gasteiger partial charge < -0.3 is 10.1 Å². The quantitative estimate of drug-likeness (QED) is 0.873. The molecule has 0 aliphatic carbocycles. The van der Waals surface area contributed by atoms with Crippen molar-refractivity contribution in [3.63, 3.8) is 0 Å². The molecule has 1 N–H and O–H groups in total. The first-order chi connectivity index (χ1) is 10.3. The monoisotopic (exact) mass is 345 g/mol. The van der Waals surface area contributed by atoms with Gasteiger partial charge in [-0.05, 0) is 37.3 Å². The van der Waals surface area contributed by atoms with Crippen LogP contribution in [0.3, 0.4) is 0 Å². The first-order valence-electron chi connectivity index (χ1n) is 6.24. The van der Waals surface area contributed by atoms with Crippen molar-refractivity contribution in [2.45, 2.75) is 13.0 Å². The topological polar surface area (TPSA) is 38.3 Å². The van der Waals surface area contributed by atoms with E-state index in [1.165, 1.54) is 25.1 Å². The van der Waals surface area contributed by atoms with Gasteiger partial charge >= 0.3 is 0 Å². The summed E-state index contributed by atoms with van der Waals surface area (Å²) in [6.45, 7) is 1.48. The molecule has 1 unspecified atom stereocenters. The lowest BCUT2D eigenvalue weighted by Gasteiger charge is -2.15. The van der Waals surface area contributed by atoms with Gasteiger partial charge in [-0.1, -0.05) is 23.2 Å². The fourth-order valence-electron chi connectivity index (χ4n) is 1.68. The molecule has 1 atom stereocenters. The molecule has 0 saturated heterocycles. The van der Waals surface area contributed by atoms with E-state index >= 15 is 0 Å². The Balaban J connectivity index is 2.05. The number of hydrogen-bond donors (Lipinski definition) is 1. The fourth-order valence-corrected chi connectivity index (χ4v) is 2.19. The van der Waals surface area contributed by atoms with Crippen LogP contribution in [0.25, 0.3) is 0 Å². The summed E-state index contributed by atoms with van der Waals surface area (Å²) in [6.07, 6.45) is -0.931. The molecule has 0 spiro atoms. The molecule has 7 heteroatoms. The molecule has 1 amide bonds. The number of hydrogen-bond acceptors (Lipinski definition) is 2. The lowest BCUT2D eigenvalue weighted by Crippen LogP contribution is -2.30. The molecule has 3 nitrogen and oxygen atoms in total. The predicted octanol–water partition coefficient (Wildman–Crippen LogP) is 4.68. The second-order valence-electron chi connectivity index (χ2n) is 4.48. The standard InChI is InChI=1S/C15H11Cl2F2NO2/c1-8(22-12-5-9(16)4-10(17)6-12)15(21)20-14-3-2-11(18)7-13(14)19/h2-8H,1H3,(H,20,21). The molecule has 0 aliphatic rings. The van der Waals surface area contributed by atoms with E-state index in [1.807, 2.05) is 0 Å². The van der Waals surface area contributed by atoms with Crippen molar-refractivity contribution >= 4 is 34.8 Å². The number of nitrogens with one attached hydrogen (secondary N) is 1. The van der Waals surface area contributed by atoms with Gasteiger partial charge in [0.2, 0.25) is 0 Å². The number of halogens is 4. The smallest absolute Gasteiger partial charge is 0.265 e. The number of ether oxygens (including phenoxy) is 1. The first kappa shape index (κ1) is 16.5. The van der Waals surface area contributed by atoms with Gasteiger partial charge in [0.05, 0.1) is 5.69 Å². The lowest BCUT2D eigenvalue weighted by molar-refractivity contribution is -0.122. The average molecular weight is 346 g/mol. The van der Waals surface area contributed by atoms with Crippen molar-refractivity contribution in [3.05, 3.63) is 58.1 Å². The van der Waals surface area contributed by atoms with Crippen LogP contribution in [0.1, 0.15) is 6.92 Å². The third kappa shape index (κ3) is 4.32. The zero-order valence-electron chi connectivity index (χ0n) is 11.4. The van der Waals surface area contributed by atoms with Gasteiger partial charge in [0.25, 0.3) is 5.91 Å². The average Bonchev–Trinajstić information content (AvgIpc) is 2.40. The lowest BCUT2D eigenvalue weighted by atomic mass is 10.2. The SMILES string of the molecule is CC(Oc1cc(Cl)cc(Cl)c1)C(=O)Nc1ccc(F)cc1F. The van der Waals surface area contributed by atoms with Gasteiger partial charge in [0.1, 0.15) is 17.4 Å². The maximum absolute atomic E-state index is 13.5. The van der Waals surface area contributed by atoms with Crippen LogP contribution in [0.15, 0.2) is 36.4 Å². The summed E-state index contributed by atoms with van der Waals surface area (Å²) in [5.74, 6) is -1.89. The molecule has 22 heavy (non-hydrogen) atoms. The number of anilines is 1. The summed E-state index contributed by atoms with van der Waals surface area (Å²) in [6, 6.07) is 7.37. The van der Waals surface area contributed by atoms with Crippen LogP contribution in [0, 0.1) is 11.6 Å². The van der Waals surface area contributed by atoms with E-state index < -0.39 is 23.6 Å². The van der Waals surface area contributed by atoms with E-state index in [4.69, 9.17) is 27.9 Å². The summed E-state index contributed by atoms with van der Waals surface area (Å²) < 4.78 is 31.7. The van der Waals surface area contributed by atoms with Crippen molar-refractivity contribution in [2.24, 2.45) is 0 Å². The second-order valence-corrected chi connectivity index (χ2v) is 5.35. The Morgan fingerprint density at radius 1 is 1.14 bits per heavy atom. The van der Waals surface area contributed by atoms with Gasteiger partial charge in [-0.3, -0.25) is 4.79 Å². The number of benzene rings is 2. The molecule has 0 bridgehead atoms.